The Morgan fingerprint density at radius 2 is 1.76 bits per heavy atom. The van der Waals surface area contributed by atoms with E-state index in [9.17, 15) is 9.59 Å². The van der Waals surface area contributed by atoms with Gasteiger partial charge < -0.3 is 9.47 Å². The lowest BCUT2D eigenvalue weighted by Gasteiger charge is -2.06. The van der Waals surface area contributed by atoms with Crippen LogP contribution in [0.3, 0.4) is 0 Å². The fraction of sp³-hybridized carbons (Fsp3) is 0.125. The van der Waals surface area contributed by atoms with Gasteiger partial charge in [0.25, 0.3) is 0 Å². The standard InChI is InChI=1S/C16H13BrO4/c1-20-16(19)11-5-7-14(8-6-11)21-10-15(18)12-3-2-4-13(17)9-12/h2-9H,10H2,1H3. The van der Waals surface area contributed by atoms with Crippen molar-refractivity contribution in [2.24, 2.45) is 0 Å². The minimum absolute atomic E-state index is 0.0615. The topological polar surface area (TPSA) is 52.6 Å². The summed E-state index contributed by atoms with van der Waals surface area (Å²) in [4.78, 5) is 23.3. The Morgan fingerprint density at radius 1 is 1.05 bits per heavy atom. The molecule has 0 amide bonds. The molecule has 5 heteroatoms. The summed E-state index contributed by atoms with van der Waals surface area (Å²) in [5, 5.41) is 0. The van der Waals surface area contributed by atoms with Crippen molar-refractivity contribution < 1.29 is 19.1 Å². The zero-order valence-corrected chi connectivity index (χ0v) is 12.9. The van der Waals surface area contributed by atoms with Gasteiger partial charge >= 0.3 is 5.97 Å². The van der Waals surface area contributed by atoms with Crippen molar-refractivity contribution >= 4 is 27.7 Å². The van der Waals surface area contributed by atoms with Gasteiger partial charge in [-0.2, -0.15) is 0 Å². The molecule has 0 fully saturated rings. The third kappa shape index (κ3) is 4.16. The average Bonchev–Trinajstić information content (AvgIpc) is 2.52. The molecule has 2 rings (SSSR count). The van der Waals surface area contributed by atoms with E-state index in [4.69, 9.17) is 4.74 Å². The summed E-state index contributed by atoms with van der Waals surface area (Å²) in [6.45, 7) is -0.0615. The largest absolute Gasteiger partial charge is 0.485 e. The van der Waals surface area contributed by atoms with E-state index in [1.807, 2.05) is 6.07 Å². The molecule has 0 spiro atoms. The van der Waals surface area contributed by atoms with E-state index in [2.05, 4.69) is 20.7 Å². The Bertz CT molecular complexity index is 650. The number of benzene rings is 2. The van der Waals surface area contributed by atoms with Gasteiger partial charge in [-0.25, -0.2) is 4.79 Å². The molecule has 0 aromatic heterocycles. The Kier molecular flexibility index (Phi) is 5.11. The van der Waals surface area contributed by atoms with Gasteiger partial charge in [0.1, 0.15) is 5.75 Å². The molecule has 0 bridgehead atoms. The Hall–Kier alpha value is -2.14. The summed E-state index contributed by atoms with van der Waals surface area (Å²) in [7, 11) is 1.32. The van der Waals surface area contributed by atoms with Crippen molar-refractivity contribution in [2.75, 3.05) is 13.7 Å². The highest BCUT2D eigenvalue weighted by Crippen LogP contribution is 2.15. The van der Waals surface area contributed by atoms with Gasteiger partial charge in [-0.3, -0.25) is 4.79 Å². The molecular formula is C16H13BrO4. The van der Waals surface area contributed by atoms with Crippen molar-refractivity contribution in [3.8, 4) is 5.75 Å². The molecule has 0 N–H and O–H groups in total. The van der Waals surface area contributed by atoms with E-state index < -0.39 is 5.97 Å². The maximum atomic E-state index is 12.0. The summed E-state index contributed by atoms with van der Waals surface area (Å²) in [6, 6.07) is 13.5. The second-order valence-corrected chi connectivity index (χ2v) is 5.15. The van der Waals surface area contributed by atoms with Crippen LogP contribution in [0.25, 0.3) is 0 Å². The van der Waals surface area contributed by atoms with Crippen LogP contribution in [0, 0.1) is 0 Å². The molecule has 0 heterocycles. The molecular weight excluding hydrogens is 336 g/mol. The van der Waals surface area contributed by atoms with Crippen molar-refractivity contribution in [2.45, 2.75) is 0 Å². The summed E-state index contributed by atoms with van der Waals surface area (Å²) in [5.74, 6) is -0.00823. The number of carbonyl (C=O) groups is 2. The van der Waals surface area contributed by atoms with Crippen LogP contribution in [0.4, 0.5) is 0 Å². The number of hydrogen-bond donors (Lipinski definition) is 0. The first-order valence-electron chi connectivity index (χ1n) is 6.20. The van der Waals surface area contributed by atoms with Crippen LogP contribution in [0.1, 0.15) is 20.7 Å². The first-order chi connectivity index (χ1) is 10.1. The Labute approximate surface area is 130 Å². The van der Waals surface area contributed by atoms with E-state index in [1.54, 1.807) is 42.5 Å². The lowest BCUT2D eigenvalue weighted by molar-refractivity contribution is 0.0600. The van der Waals surface area contributed by atoms with E-state index in [-0.39, 0.29) is 12.4 Å². The number of hydrogen-bond acceptors (Lipinski definition) is 4. The van der Waals surface area contributed by atoms with E-state index >= 15 is 0 Å². The van der Waals surface area contributed by atoms with Gasteiger partial charge in [0.05, 0.1) is 12.7 Å². The molecule has 4 nitrogen and oxygen atoms in total. The van der Waals surface area contributed by atoms with Crippen molar-refractivity contribution in [3.63, 3.8) is 0 Å². The molecule has 0 saturated heterocycles. The zero-order chi connectivity index (χ0) is 15.2. The van der Waals surface area contributed by atoms with Gasteiger partial charge in [0.2, 0.25) is 0 Å². The normalized spacial score (nSPS) is 10.0. The van der Waals surface area contributed by atoms with Crippen LogP contribution in [0.5, 0.6) is 5.75 Å². The maximum absolute atomic E-state index is 12.0. The number of ether oxygens (including phenoxy) is 2. The minimum atomic E-state index is -0.410. The van der Waals surface area contributed by atoms with E-state index in [0.29, 0.717) is 16.9 Å². The summed E-state index contributed by atoms with van der Waals surface area (Å²) >= 11 is 3.32. The predicted molar refractivity (Wildman–Crippen MR) is 81.7 cm³/mol. The van der Waals surface area contributed by atoms with Gasteiger partial charge in [-0.1, -0.05) is 28.1 Å². The van der Waals surface area contributed by atoms with E-state index in [0.717, 1.165) is 4.47 Å². The number of halogens is 1. The molecule has 2 aromatic rings. The Morgan fingerprint density at radius 3 is 2.38 bits per heavy atom. The molecule has 21 heavy (non-hydrogen) atoms. The van der Waals surface area contributed by atoms with Gasteiger partial charge in [0, 0.05) is 10.0 Å². The van der Waals surface area contributed by atoms with Crippen LogP contribution >= 0.6 is 15.9 Å². The molecule has 0 saturated carbocycles. The zero-order valence-electron chi connectivity index (χ0n) is 11.3. The number of carbonyl (C=O) groups excluding carboxylic acids is 2. The highest BCUT2D eigenvalue weighted by Gasteiger charge is 2.08. The second kappa shape index (κ2) is 7.04. The molecule has 108 valence electrons. The summed E-state index contributed by atoms with van der Waals surface area (Å²) < 4.78 is 10.9. The molecule has 0 atom stereocenters. The summed E-state index contributed by atoms with van der Waals surface area (Å²) in [5.41, 5.74) is 1.01. The molecule has 0 aliphatic heterocycles. The lowest BCUT2D eigenvalue weighted by atomic mass is 10.1. The predicted octanol–water partition coefficient (Wildman–Crippen LogP) is 3.50. The number of Topliss-reactive ketones (excluding diaryl/α,β-unsaturated/α-hetero) is 1. The fourth-order valence-corrected chi connectivity index (χ4v) is 2.10. The minimum Gasteiger partial charge on any atom is -0.485 e. The van der Waals surface area contributed by atoms with Crippen molar-refractivity contribution in [1.29, 1.82) is 0 Å². The highest BCUT2D eigenvalue weighted by molar-refractivity contribution is 9.10. The highest BCUT2D eigenvalue weighted by atomic mass is 79.9. The third-order valence-electron chi connectivity index (χ3n) is 2.79. The van der Waals surface area contributed by atoms with Gasteiger partial charge in [-0.15, -0.1) is 0 Å². The van der Waals surface area contributed by atoms with E-state index in [1.165, 1.54) is 7.11 Å². The SMILES string of the molecule is COC(=O)c1ccc(OCC(=O)c2cccc(Br)c2)cc1. The second-order valence-electron chi connectivity index (χ2n) is 4.24. The smallest absolute Gasteiger partial charge is 0.337 e. The molecule has 0 radical (unpaired) electrons. The van der Waals surface area contributed by atoms with Crippen LogP contribution in [-0.2, 0) is 4.74 Å². The number of methoxy groups -OCH3 is 1. The monoisotopic (exact) mass is 348 g/mol. The maximum Gasteiger partial charge on any atom is 0.337 e. The first kappa shape index (κ1) is 15.3. The molecule has 0 unspecified atom stereocenters. The molecule has 0 aliphatic carbocycles. The first-order valence-corrected chi connectivity index (χ1v) is 6.99. The lowest BCUT2D eigenvalue weighted by Crippen LogP contribution is -2.11. The number of rotatable bonds is 5. The van der Waals surface area contributed by atoms with Crippen LogP contribution in [-0.4, -0.2) is 25.5 Å². The van der Waals surface area contributed by atoms with Crippen LogP contribution in [0.15, 0.2) is 53.0 Å². The fourth-order valence-electron chi connectivity index (χ4n) is 1.70. The Balaban J connectivity index is 1.97. The van der Waals surface area contributed by atoms with Gasteiger partial charge in [-0.05, 0) is 36.4 Å². The van der Waals surface area contributed by atoms with Crippen molar-refractivity contribution in [1.82, 2.24) is 0 Å². The average molecular weight is 349 g/mol. The molecule has 0 aliphatic rings. The number of esters is 1. The van der Waals surface area contributed by atoms with Gasteiger partial charge in [0.15, 0.2) is 12.4 Å². The quantitative estimate of drug-likeness (QED) is 0.613. The van der Waals surface area contributed by atoms with Crippen molar-refractivity contribution in [3.05, 3.63) is 64.1 Å². The number of ketones is 1. The van der Waals surface area contributed by atoms with Crippen LogP contribution in [0.2, 0.25) is 0 Å². The molecule has 2 aromatic carbocycles. The third-order valence-corrected chi connectivity index (χ3v) is 3.29. The summed E-state index contributed by atoms with van der Waals surface area (Å²) in [6.07, 6.45) is 0. The van der Waals surface area contributed by atoms with Crippen LogP contribution < -0.4 is 4.74 Å².